The fraction of sp³-hybridized carbons (Fsp3) is 0.292. The summed E-state index contributed by atoms with van der Waals surface area (Å²) in [6, 6.07) is 15.2. The predicted molar refractivity (Wildman–Crippen MR) is 117 cm³/mol. The molecule has 32 heavy (non-hydrogen) atoms. The summed E-state index contributed by atoms with van der Waals surface area (Å²) in [5.74, 6) is 0.233. The SMILES string of the molecule is Cc1c(OC2CCCCO2)oc(-c2ccc([N+](=O)[O-])cc2)c(OCc2ccccc2)c1=O. The molecule has 166 valence electrons. The van der Waals surface area contributed by atoms with Crippen molar-refractivity contribution < 1.29 is 23.6 Å². The smallest absolute Gasteiger partial charge is 0.294 e. The molecule has 1 saturated heterocycles. The Hall–Kier alpha value is -3.65. The summed E-state index contributed by atoms with van der Waals surface area (Å²) in [7, 11) is 0. The Morgan fingerprint density at radius 2 is 1.84 bits per heavy atom. The van der Waals surface area contributed by atoms with Gasteiger partial charge in [0.1, 0.15) is 6.61 Å². The molecule has 0 bridgehead atoms. The second-order valence-electron chi connectivity index (χ2n) is 7.49. The van der Waals surface area contributed by atoms with E-state index in [1.54, 1.807) is 6.92 Å². The highest BCUT2D eigenvalue weighted by Crippen LogP contribution is 2.35. The molecular weight excluding hydrogens is 414 g/mol. The molecule has 4 rings (SSSR count). The second-order valence-corrected chi connectivity index (χ2v) is 7.49. The van der Waals surface area contributed by atoms with Gasteiger partial charge in [-0.2, -0.15) is 0 Å². The molecular formula is C24H23NO7. The number of non-ortho nitro benzene ring substituents is 1. The van der Waals surface area contributed by atoms with E-state index >= 15 is 0 Å². The number of rotatable bonds is 7. The molecule has 1 unspecified atom stereocenters. The minimum atomic E-state index is -0.494. The maximum absolute atomic E-state index is 13.2. The first kappa shape index (κ1) is 21.6. The van der Waals surface area contributed by atoms with Crippen molar-refractivity contribution in [2.24, 2.45) is 0 Å². The maximum atomic E-state index is 13.2. The van der Waals surface area contributed by atoms with Crippen LogP contribution in [-0.2, 0) is 11.3 Å². The Morgan fingerprint density at radius 3 is 2.50 bits per heavy atom. The van der Waals surface area contributed by atoms with E-state index in [1.165, 1.54) is 24.3 Å². The molecule has 0 spiro atoms. The van der Waals surface area contributed by atoms with E-state index in [2.05, 4.69) is 0 Å². The Labute approximate surface area is 184 Å². The Balaban J connectivity index is 1.73. The first-order valence-electron chi connectivity index (χ1n) is 10.4. The van der Waals surface area contributed by atoms with Gasteiger partial charge in [-0.25, -0.2) is 0 Å². The topological polar surface area (TPSA) is 101 Å². The third-order valence-electron chi connectivity index (χ3n) is 5.20. The van der Waals surface area contributed by atoms with Crippen LogP contribution in [0.2, 0.25) is 0 Å². The minimum Gasteiger partial charge on any atom is -0.481 e. The maximum Gasteiger partial charge on any atom is 0.294 e. The number of ether oxygens (including phenoxy) is 3. The Morgan fingerprint density at radius 1 is 1.09 bits per heavy atom. The number of nitro groups is 1. The molecule has 0 aliphatic carbocycles. The van der Waals surface area contributed by atoms with Crippen LogP contribution in [-0.4, -0.2) is 17.8 Å². The van der Waals surface area contributed by atoms with Gasteiger partial charge in [0.15, 0.2) is 5.76 Å². The molecule has 2 heterocycles. The summed E-state index contributed by atoms with van der Waals surface area (Å²) in [6.07, 6.45) is 2.12. The van der Waals surface area contributed by atoms with Crippen LogP contribution >= 0.6 is 0 Å². The lowest BCUT2D eigenvalue weighted by Crippen LogP contribution is -2.26. The number of benzene rings is 2. The van der Waals surface area contributed by atoms with Crippen LogP contribution in [0.5, 0.6) is 11.7 Å². The summed E-state index contributed by atoms with van der Waals surface area (Å²) in [5.41, 5.74) is 1.18. The Kier molecular flexibility index (Phi) is 6.51. The van der Waals surface area contributed by atoms with E-state index < -0.39 is 11.2 Å². The zero-order valence-corrected chi connectivity index (χ0v) is 17.6. The van der Waals surface area contributed by atoms with Crippen molar-refractivity contribution in [3.63, 3.8) is 0 Å². The third-order valence-corrected chi connectivity index (χ3v) is 5.20. The lowest BCUT2D eigenvalue weighted by atomic mass is 10.1. The van der Waals surface area contributed by atoms with Crippen LogP contribution in [0.1, 0.15) is 30.4 Å². The molecule has 0 saturated carbocycles. The van der Waals surface area contributed by atoms with Crippen molar-refractivity contribution in [2.75, 3.05) is 6.61 Å². The van der Waals surface area contributed by atoms with Crippen LogP contribution < -0.4 is 14.9 Å². The molecule has 1 fully saturated rings. The Bertz CT molecular complexity index is 1130. The highest BCUT2D eigenvalue weighted by Gasteiger charge is 2.24. The van der Waals surface area contributed by atoms with Crippen molar-refractivity contribution in [3.05, 3.63) is 86.1 Å². The van der Waals surface area contributed by atoms with Gasteiger partial charge >= 0.3 is 0 Å². The number of nitrogens with zero attached hydrogens (tertiary/aromatic N) is 1. The molecule has 1 aliphatic rings. The zero-order chi connectivity index (χ0) is 22.5. The van der Waals surface area contributed by atoms with Gasteiger partial charge in [0.05, 0.1) is 17.1 Å². The summed E-state index contributed by atoms with van der Waals surface area (Å²) >= 11 is 0. The predicted octanol–water partition coefficient (Wildman–Crippen LogP) is 5.01. The van der Waals surface area contributed by atoms with Crippen LogP contribution in [0.3, 0.4) is 0 Å². The second kappa shape index (κ2) is 9.65. The normalized spacial score (nSPS) is 15.8. The van der Waals surface area contributed by atoms with E-state index in [0.29, 0.717) is 18.6 Å². The van der Waals surface area contributed by atoms with Crippen molar-refractivity contribution in [3.8, 4) is 23.0 Å². The molecule has 8 nitrogen and oxygen atoms in total. The molecule has 1 aliphatic heterocycles. The van der Waals surface area contributed by atoms with Crippen molar-refractivity contribution >= 4 is 5.69 Å². The van der Waals surface area contributed by atoms with Gasteiger partial charge in [-0.05, 0) is 37.5 Å². The lowest BCUT2D eigenvalue weighted by molar-refractivity contribution is -0.384. The average molecular weight is 437 g/mol. The molecule has 0 radical (unpaired) electrons. The van der Waals surface area contributed by atoms with Gasteiger partial charge in [-0.1, -0.05) is 30.3 Å². The zero-order valence-electron chi connectivity index (χ0n) is 17.6. The molecule has 0 N–H and O–H groups in total. The number of hydrogen-bond donors (Lipinski definition) is 0. The monoisotopic (exact) mass is 437 g/mol. The molecule has 1 aromatic heterocycles. The van der Waals surface area contributed by atoms with E-state index in [1.807, 2.05) is 30.3 Å². The summed E-state index contributed by atoms with van der Waals surface area (Å²) in [5, 5.41) is 11.0. The third kappa shape index (κ3) is 4.81. The summed E-state index contributed by atoms with van der Waals surface area (Å²) < 4.78 is 23.4. The molecule has 3 aromatic rings. The number of hydrogen-bond acceptors (Lipinski definition) is 7. The molecule has 0 amide bonds. The van der Waals surface area contributed by atoms with Crippen molar-refractivity contribution in [1.82, 2.24) is 0 Å². The largest absolute Gasteiger partial charge is 0.481 e. The minimum absolute atomic E-state index is 0.0251. The van der Waals surface area contributed by atoms with E-state index in [-0.39, 0.29) is 40.7 Å². The van der Waals surface area contributed by atoms with Gasteiger partial charge in [0.25, 0.3) is 11.6 Å². The van der Waals surface area contributed by atoms with Crippen LogP contribution in [0.4, 0.5) is 5.69 Å². The van der Waals surface area contributed by atoms with Gasteiger partial charge < -0.3 is 18.6 Å². The molecule has 8 heteroatoms. The van der Waals surface area contributed by atoms with E-state index in [0.717, 1.165) is 18.4 Å². The summed E-state index contributed by atoms with van der Waals surface area (Å²) in [4.78, 5) is 23.7. The number of nitro benzene ring substituents is 1. The van der Waals surface area contributed by atoms with Crippen molar-refractivity contribution in [1.29, 1.82) is 0 Å². The first-order valence-corrected chi connectivity index (χ1v) is 10.4. The van der Waals surface area contributed by atoms with Gasteiger partial charge in [0.2, 0.25) is 17.5 Å². The molecule has 1 atom stereocenters. The fourth-order valence-electron chi connectivity index (χ4n) is 3.40. The average Bonchev–Trinajstić information content (AvgIpc) is 2.83. The highest BCUT2D eigenvalue weighted by atomic mass is 16.7. The van der Waals surface area contributed by atoms with Gasteiger partial charge in [-0.3, -0.25) is 14.9 Å². The van der Waals surface area contributed by atoms with E-state index in [4.69, 9.17) is 18.6 Å². The van der Waals surface area contributed by atoms with Crippen molar-refractivity contribution in [2.45, 2.75) is 39.1 Å². The van der Waals surface area contributed by atoms with E-state index in [9.17, 15) is 14.9 Å². The standard InChI is InChI=1S/C24H23NO7/c1-16-21(26)23(30-15-17-7-3-2-4-8-17)22(18-10-12-19(13-11-18)25(27)28)32-24(16)31-20-9-5-6-14-29-20/h2-4,7-8,10-13,20H,5-6,9,14-15H2,1H3. The molecule has 2 aromatic carbocycles. The van der Waals surface area contributed by atoms with Gasteiger partial charge in [0, 0.05) is 24.1 Å². The first-order chi connectivity index (χ1) is 15.5. The summed E-state index contributed by atoms with van der Waals surface area (Å²) in [6.45, 7) is 2.36. The quantitative estimate of drug-likeness (QED) is 0.378. The van der Waals surface area contributed by atoms with Crippen LogP contribution in [0.25, 0.3) is 11.3 Å². The highest BCUT2D eigenvalue weighted by molar-refractivity contribution is 5.66. The lowest BCUT2D eigenvalue weighted by Gasteiger charge is -2.23. The van der Waals surface area contributed by atoms with Crippen LogP contribution in [0, 0.1) is 17.0 Å². The van der Waals surface area contributed by atoms with Gasteiger partial charge in [-0.15, -0.1) is 0 Å². The fourth-order valence-corrected chi connectivity index (χ4v) is 3.40. The van der Waals surface area contributed by atoms with Crippen LogP contribution in [0.15, 0.2) is 63.8 Å².